The third-order valence-electron chi connectivity index (χ3n) is 4.34. The molecule has 4 heteroatoms. The molecule has 0 unspecified atom stereocenters. The molecule has 0 bridgehead atoms. The monoisotopic (exact) mass is 279 g/mol. The highest BCUT2D eigenvalue weighted by Crippen LogP contribution is 2.24. The van der Waals surface area contributed by atoms with Crippen molar-refractivity contribution < 1.29 is 0 Å². The van der Waals surface area contributed by atoms with Gasteiger partial charge < -0.3 is 10.2 Å². The maximum absolute atomic E-state index is 4.82. The van der Waals surface area contributed by atoms with Crippen LogP contribution in [0.1, 0.15) is 57.1 Å². The molecule has 1 N–H and O–H groups in total. The molecule has 0 aromatic carbocycles. The van der Waals surface area contributed by atoms with E-state index in [-0.39, 0.29) is 0 Å². The van der Waals surface area contributed by atoms with Crippen LogP contribution in [0.15, 0.2) is 5.38 Å². The van der Waals surface area contributed by atoms with Gasteiger partial charge in [-0.2, -0.15) is 0 Å². The maximum atomic E-state index is 4.82. The van der Waals surface area contributed by atoms with Crippen molar-refractivity contribution in [3.05, 3.63) is 11.1 Å². The van der Waals surface area contributed by atoms with Crippen molar-refractivity contribution in [3.8, 4) is 0 Å². The first-order valence-corrected chi connectivity index (χ1v) is 8.72. The minimum Gasteiger partial charge on any atom is -0.348 e. The average Bonchev–Trinajstić information content (AvgIpc) is 3.03. The molecule has 1 aliphatic heterocycles. The first-order chi connectivity index (χ1) is 9.42. The van der Waals surface area contributed by atoms with E-state index in [1.165, 1.54) is 75.3 Å². The second-order valence-electron chi connectivity index (χ2n) is 5.88. The van der Waals surface area contributed by atoms with Crippen LogP contribution in [-0.4, -0.2) is 24.1 Å². The van der Waals surface area contributed by atoms with Crippen molar-refractivity contribution >= 4 is 16.5 Å². The van der Waals surface area contributed by atoms with E-state index < -0.39 is 0 Å². The fourth-order valence-electron chi connectivity index (χ4n) is 3.16. The summed E-state index contributed by atoms with van der Waals surface area (Å²) in [5, 5.41) is 7.13. The Morgan fingerprint density at radius 3 is 2.58 bits per heavy atom. The quantitative estimate of drug-likeness (QED) is 0.913. The Bertz CT molecular complexity index is 376. The fourth-order valence-corrected chi connectivity index (χ4v) is 4.04. The summed E-state index contributed by atoms with van der Waals surface area (Å²) in [5.74, 6) is 0. The van der Waals surface area contributed by atoms with E-state index in [4.69, 9.17) is 4.98 Å². The molecule has 3 nitrogen and oxygen atoms in total. The highest BCUT2D eigenvalue weighted by Gasteiger charge is 2.16. The molecule has 106 valence electrons. The summed E-state index contributed by atoms with van der Waals surface area (Å²) < 4.78 is 0. The molecule has 1 saturated heterocycles. The van der Waals surface area contributed by atoms with Gasteiger partial charge in [-0.15, -0.1) is 11.3 Å². The molecule has 1 aromatic heterocycles. The third-order valence-corrected chi connectivity index (χ3v) is 5.29. The van der Waals surface area contributed by atoms with Gasteiger partial charge in [0.2, 0.25) is 0 Å². The van der Waals surface area contributed by atoms with Crippen molar-refractivity contribution in [2.75, 3.05) is 18.0 Å². The number of anilines is 1. The summed E-state index contributed by atoms with van der Waals surface area (Å²) in [6.07, 6.45) is 10.9. The fraction of sp³-hybridized carbons (Fsp3) is 0.800. The number of hydrogen-bond acceptors (Lipinski definition) is 4. The van der Waals surface area contributed by atoms with Crippen LogP contribution < -0.4 is 10.2 Å². The van der Waals surface area contributed by atoms with Crippen molar-refractivity contribution in [1.82, 2.24) is 10.3 Å². The van der Waals surface area contributed by atoms with Crippen molar-refractivity contribution in [3.63, 3.8) is 0 Å². The lowest BCUT2D eigenvalue weighted by atomic mass is 10.2. The van der Waals surface area contributed by atoms with Gasteiger partial charge in [0.15, 0.2) is 5.13 Å². The number of nitrogens with zero attached hydrogens (tertiary/aromatic N) is 2. The zero-order valence-corrected chi connectivity index (χ0v) is 12.6. The number of hydrogen-bond donors (Lipinski definition) is 1. The highest BCUT2D eigenvalue weighted by atomic mass is 32.1. The molecular weight excluding hydrogens is 254 g/mol. The van der Waals surface area contributed by atoms with E-state index >= 15 is 0 Å². The summed E-state index contributed by atoms with van der Waals surface area (Å²) in [4.78, 5) is 7.30. The van der Waals surface area contributed by atoms with Gasteiger partial charge in [0.25, 0.3) is 0 Å². The van der Waals surface area contributed by atoms with Gasteiger partial charge in [-0.3, -0.25) is 0 Å². The molecule has 0 radical (unpaired) electrons. The van der Waals surface area contributed by atoms with Crippen LogP contribution in [0.2, 0.25) is 0 Å². The first-order valence-electron chi connectivity index (χ1n) is 7.84. The maximum Gasteiger partial charge on any atom is 0.185 e. The molecule has 2 fully saturated rings. The third kappa shape index (κ3) is 3.69. The normalized spacial score (nSPS) is 21.8. The summed E-state index contributed by atoms with van der Waals surface area (Å²) in [7, 11) is 0. The molecule has 0 atom stereocenters. The van der Waals surface area contributed by atoms with E-state index in [2.05, 4.69) is 15.6 Å². The van der Waals surface area contributed by atoms with Crippen LogP contribution in [0.5, 0.6) is 0 Å². The van der Waals surface area contributed by atoms with Crippen LogP contribution in [0.3, 0.4) is 0 Å². The Balaban J connectivity index is 1.52. The number of rotatable bonds is 4. The topological polar surface area (TPSA) is 28.2 Å². The zero-order valence-electron chi connectivity index (χ0n) is 11.7. The van der Waals surface area contributed by atoms with Crippen LogP contribution in [-0.2, 0) is 6.54 Å². The molecule has 2 aliphatic rings. The lowest BCUT2D eigenvalue weighted by molar-refractivity contribution is 0.520. The Morgan fingerprint density at radius 2 is 1.84 bits per heavy atom. The van der Waals surface area contributed by atoms with Crippen LogP contribution in [0.4, 0.5) is 5.13 Å². The summed E-state index contributed by atoms with van der Waals surface area (Å²) in [6, 6.07) is 0.739. The van der Waals surface area contributed by atoms with Crippen molar-refractivity contribution in [2.45, 2.75) is 64.0 Å². The van der Waals surface area contributed by atoms with E-state index in [0.717, 1.165) is 12.6 Å². The largest absolute Gasteiger partial charge is 0.348 e. The molecule has 2 heterocycles. The van der Waals surface area contributed by atoms with Crippen molar-refractivity contribution in [2.24, 2.45) is 0 Å². The molecule has 0 amide bonds. The van der Waals surface area contributed by atoms with E-state index in [9.17, 15) is 0 Å². The second kappa shape index (κ2) is 6.71. The number of aromatic nitrogens is 1. The minimum atomic E-state index is 0.739. The van der Waals surface area contributed by atoms with Crippen LogP contribution in [0.25, 0.3) is 0 Å². The predicted octanol–water partition coefficient (Wildman–Crippen LogP) is 3.56. The number of thiazole rings is 1. The Labute approximate surface area is 120 Å². The predicted molar refractivity (Wildman–Crippen MR) is 81.9 cm³/mol. The van der Waals surface area contributed by atoms with Gasteiger partial charge >= 0.3 is 0 Å². The smallest absolute Gasteiger partial charge is 0.185 e. The minimum absolute atomic E-state index is 0.739. The Kier molecular flexibility index (Phi) is 4.72. The van der Waals surface area contributed by atoms with Gasteiger partial charge in [0, 0.05) is 31.1 Å². The Hall–Kier alpha value is -0.610. The molecule has 1 aromatic rings. The highest BCUT2D eigenvalue weighted by molar-refractivity contribution is 7.13. The summed E-state index contributed by atoms with van der Waals surface area (Å²) >= 11 is 1.82. The average molecular weight is 279 g/mol. The summed E-state index contributed by atoms with van der Waals surface area (Å²) in [5.41, 5.74) is 1.23. The second-order valence-corrected chi connectivity index (χ2v) is 6.72. The first kappa shape index (κ1) is 13.4. The van der Waals surface area contributed by atoms with Gasteiger partial charge in [-0.25, -0.2) is 4.98 Å². The van der Waals surface area contributed by atoms with E-state index in [1.807, 2.05) is 11.3 Å². The van der Waals surface area contributed by atoms with Crippen LogP contribution in [0, 0.1) is 0 Å². The van der Waals surface area contributed by atoms with Crippen LogP contribution >= 0.6 is 11.3 Å². The van der Waals surface area contributed by atoms with Gasteiger partial charge in [-0.1, -0.05) is 25.7 Å². The molecule has 1 aliphatic carbocycles. The Morgan fingerprint density at radius 1 is 1.11 bits per heavy atom. The summed E-state index contributed by atoms with van der Waals surface area (Å²) in [6.45, 7) is 3.35. The van der Waals surface area contributed by atoms with Gasteiger partial charge in [0.1, 0.15) is 0 Å². The van der Waals surface area contributed by atoms with E-state index in [0.29, 0.717) is 0 Å². The van der Waals surface area contributed by atoms with Crippen molar-refractivity contribution in [1.29, 1.82) is 0 Å². The SMILES string of the molecule is c1sc(N2CCCCCC2)nc1CNC1CCCC1. The molecule has 3 rings (SSSR count). The molecule has 19 heavy (non-hydrogen) atoms. The lowest BCUT2D eigenvalue weighted by Crippen LogP contribution is -2.26. The van der Waals surface area contributed by atoms with Gasteiger partial charge in [0.05, 0.1) is 5.69 Å². The number of nitrogens with one attached hydrogen (secondary N) is 1. The van der Waals surface area contributed by atoms with Gasteiger partial charge in [-0.05, 0) is 25.7 Å². The standard InChI is InChI=1S/C15H25N3S/c1-2-6-10-18(9-5-1)15-17-14(12-19-15)11-16-13-7-3-4-8-13/h12-13,16H,1-11H2. The van der Waals surface area contributed by atoms with E-state index in [1.54, 1.807) is 0 Å². The molecule has 0 spiro atoms. The zero-order chi connectivity index (χ0) is 12.9. The molecule has 1 saturated carbocycles. The molecular formula is C15H25N3S. The lowest BCUT2D eigenvalue weighted by Gasteiger charge is -2.18.